The zero-order chi connectivity index (χ0) is 15.5. The van der Waals surface area contributed by atoms with Gasteiger partial charge in [0.05, 0.1) is 30.6 Å². The van der Waals surface area contributed by atoms with E-state index in [2.05, 4.69) is 10.2 Å². The molecule has 1 amide bonds. The molecule has 2 rings (SSSR count). The van der Waals surface area contributed by atoms with Gasteiger partial charge in [0.2, 0.25) is 5.91 Å². The summed E-state index contributed by atoms with van der Waals surface area (Å²) in [5, 5.41) is 2.97. The number of nitrogens with zero attached hydrogens (tertiary/aromatic N) is 1. The summed E-state index contributed by atoms with van der Waals surface area (Å²) in [6.45, 7) is 8.98. The average molecular weight is 291 g/mol. The maximum Gasteiger partial charge on any atom is 0.241 e. The molecule has 0 aliphatic carbocycles. The van der Waals surface area contributed by atoms with E-state index in [1.54, 1.807) is 0 Å². The van der Waals surface area contributed by atoms with Gasteiger partial charge in [-0.15, -0.1) is 0 Å². The highest BCUT2D eigenvalue weighted by atomic mass is 16.5. The van der Waals surface area contributed by atoms with Gasteiger partial charge in [0.15, 0.2) is 0 Å². The van der Waals surface area contributed by atoms with Crippen molar-refractivity contribution >= 4 is 17.3 Å². The Balaban J connectivity index is 2.15. The number of ether oxygens (including phenoxy) is 1. The Morgan fingerprint density at radius 2 is 1.90 bits per heavy atom. The summed E-state index contributed by atoms with van der Waals surface area (Å²) in [7, 11) is 0. The quantitative estimate of drug-likeness (QED) is 0.891. The second-order valence-electron chi connectivity index (χ2n) is 6.45. The topological polar surface area (TPSA) is 67.6 Å². The van der Waals surface area contributed by atoms with Gasteiger partial charge in [-0.2, -0.15) is 0 Å². The number of para-hydroxylation sites is 2. The monoisotopic (exact) mass is 291 g/mol. The lowest BCUT2D eigenvalue weighted by Gasteiger charge is -2.31. The molecule has 1 aliphatic rings. The Bertz CT molecular complexity index is 491. The molecular weight excluding hydrogens is 266 g/mol. The van der Waals surface area contributed by atoms with E-state index in [9.17, 15) is 4.79 Å². The molecule has 1 aromatic rings. The molecular formula is C16H25N3O2. The molecule has 0 aromatic heterocycles. The van der Waals surface area contributed by atoms with Crippen molar-refractivity contribution in [2.75, 3.05) is 36.5 Å². The average Bonchev–Trinajstić information content (AvgIpc) is 2.47. The van der Waals surface area contributed by atoms with Crippen molar-refractivity contribution < 1.29 is 9.53 Å². The van der Waals surface area contributed by atoms with Crippen molar-refractivity contribution in [1.82, 2.24) is 0 Å². The van der Waals surface area contributed by atoms with Crippen molar-refractivity contribution in [3.05, 3.63) is 24.3 Å². The van der Waals surface area contributed by atoms with Crippen LogP contribution in [0.2, 0.25) is 0 Å². The van der Waals surface area contributed by atoms with Gasteiger partial charge in [-0.25, -0.2) is 0 Å². The van der Waals surface area contributed by atoms with Crippen LogP contribution in [0.1, 0.15) is 20.8 Å². The Labute approximate surface area is 126 Å². The highest BCUT2D eigenvalue weighted by Crippen LogP contribution is 2.27. The highest BCUT2D eigenvalue weighted by Gasteiger charge is 2.28. The molecule has 1 heterocycles. The molecule has 0 spiro atoms. The van der Waals surface area contributed by atoms with Gasteiger partial charge < -0.3 is 20.7 Å². The Morgan fingerprint density at radius 1 is 1.29 bits per heavy atom. The number of hydrogen-bond acceptors (Lipinski definition) is 4. The van der Waals surface area contributed by atoms with Crippen LogP contribution in [0.25, 0.3) is 0 Å². The van der Waals surface area contributed by atoms with Crippen molar-refractivity contribution in [2.24, 2.45) is 11.1 Å². The molecule has 5 heteroatoms. The summed E-state index contributed by atoms with van der Waals surface area (Å²) in [6, 6.07) is 7.28. The first-order valence-electron chi connectivity index (χ1n) is 7.38. The van der Waals surface area contributed by atoms with E-state index in [0.717, 1.165) is 24.5 Å². The number of carbonyl (C=O) groups is 1. The minimum Gasteiger partial charge on any atom is -0.378 e. The first kappa shape index (κ1) is 15.8. The van der Waals surface area contributed by atoms with Gasteiger partial charge in [0, 0.05) is 13.1 Å². The van der Waals surface area contributed by atoms with E-state index in [0.29, 0.717) is 13.2 Å². The van der Waals surface area contributed by atoms with Crippen molar-refractivity contribution in [3.63, 3.8) is 0 Å². The van der Waals surface area contributed by atoms with E-state index in [4.69, 9.17) is 10.5 Å². The summed E-state index contributed by atoms with van der Waals surface area (Å²) in [5.41, 5.74) is 7.59. The van der Waals surface area contributed by atoms with Crippen LogP contribution >= 0.6 is 0 Å². The number of carbonyl (C=O) groups excluding carboxylic acids is 1. The van der Waals surface area contributed by atoms with Gasteiger partial charge in [-0.3, -0.25) is 4.79 Å². The van der Waals surface area contributed by atoms with Crippen LogP contribution in [0.5, 0.6) is 0 Å². The van der Waals surface area contributed by atoms with Crippen LogP contribution in [0.3, 0.4) is 0 Å². The zero-order valence-corrected chi connectivity index (χ0v) is 13.1. The maximum absolute atomic E-state index is 12.3. The maximum atomic E-state index is 12.3. The molecule has 1 atom stereocenters. The van der Waals surface area contributed by atoms with Gasteiger partial charge in [0.25, 0.3) is 0 Å². The summed E-state index contributed by atoms with van der Waals surface area (Å²) in [5.74, 6) is -0.150. The summed E-state index contributed by atoms with van der Waals surface area (Å²) in [6.07, 6.45) is 0. The molecule has 5 nitrogen and oxygen atoms in total. The second-order valence-corrected chi connectivity index (χ2v) is 6.45. The zero-order valence-electron chi connectivity index (χ0n) is 13.1. The van der Waals surface area contributed by atoms with E-state index < -0.39 is 6.04 Å². The fraction of sp³-hybridized carbons (Fsp3) is 0.562. The molecule has 1 saturated heterocycles. The van der Waals surface area contributed by atoms with Gasteiger partial charge in [-0.1, -0.05) is 32.9 Å². The van der Waals surface area contributed by atoms with Crippen LogP contribution in [0.15, 0.2) is 24.3 Å². The van der Waals surface area contributed by atoms with Crippen LogP contribution in [0, 0.1) is 5.41 Å². The van der Waals surface area contributed by atoms with Crippen LogP contribution in [-0.2, 0) is 9.53 Å². The summed E-state index contributed by atoms with van der Waals surface area (Å²) < 4.78 is 5.38. The number of rotatable bonds is 3. The van der Waals surface area contributed by atoms with Crippen LogP contribution in [-0.4, -0.2) is 38.3 Å². The SMILES string of the molecule is CC(C)(C)[C@@H](N)C(=O)Nc1ccccc1N1CCOCC1. The van der Waals surface area contributed by atoms with Gasteiger partial charge >= 0.3 is 0 Å². The molecule has 0 radical (unpaired) electrons. The number of anilines is 2. The predicted octanol–water partition coefficient (Wildman–Crippen LogP) is 1.84. The van der Waals surface area contributed by atoms with Gasteiger partial charge in [0.1, 0.15) is 0 Å². The lowest BCUT2D eigenvalue weighted by Crippen LogP contribution is -2.45. The van der Waals surface area contributed by atoms with E-state index >= 15 is 0 Å². The van der Waals surface area contributed by atoms with E-state index in [1.807, 2.05) is 45.0 Å². The number of nitrogens with two attached hydrogens (primary N) is 1. The predicted molar refractivity (Wildman–Crippen MR) is 85.5 cm³/mol. The third kappa shape index (κ3) is 3.95. The minimum atomic E-state index is -0.546. The van der Waals surface area contributed by atoms with E-state index in [1.165, 1.54) is 0 Å². The Hall–Kier alpha value is -1.59. The molecule has 0 unspecified atom stereocenters. The summed E-state index contributed by atoms with van der Waals surface area (Å²) in [4.78, 5) is 14.5. The normalized spacial score (nSPS) is 17.4. The Morgan fingerprint density at radius 3 is 2.52 bits per heavy atom. The van der Waals surface area contributed by atoms with Crippen molar-refractivity contribution in [2.45, 2.75) is 26.8 Å². The third-order valence-electron chi connectivity index (χ3n) is 3.73. The molecule has 1 fully saturated rings. The first-order chi connectivity index (χ1) is 9.89. The highest BCUT2D eigenvalue weighted by molar-refractivity contribution is 5.98. The molecule has 1 aliphatic heterocycles. The number of morpholine rings is 1. The number of nitrogens with one attached hydrogen (secondary N) is 1. The standard InChI is InChI=1S/C16H25N3O2/c1-16(2,3)14(17)15(20)18-12-6-4-5-7-13(12)19-8-10-21-11-9-19/h4-7,14H,8-11,17H2,1-3H3,(H,18,20)/t14-/m0/s1. The molecule has 116 valence electrons. The third-order valence-corrected chi connectivity index (χ3v) is 3.73. The first-order valence-corrected chi connectivity index (χ1v) is 7.38. The molecule has 1 aromatic carbocycles. The lowest BCUT2D eigenvalue weighted by atomic mass is 9.87. The fourth-order valence-corrected chi connectivity index (χ4v) is 2.26. The van der Waals surface area contributed by atoms with Crippen molar-refractivity contribution in [1.29, 1.82) is 0 Å². The molecule has 21 heavy (non-hydrogen) atoms. The number of amides is 1. The second kappa shape index (κ2) is 6.45. The van der Waals surface area contributed by atoms with Crippen LogP contribution in [0.4, 0.5) is 11.4 Å². The fourth-order valence-electron chi connectivity index (χ4n) is 2.26. The van der Waals surface area contributed by atoms with Gasteiger partial charge in [-0.05, 0) is 17.5 Å². The van der Waals surface area contributed by atoms with Crippen LogP contribution < -0.4 is 16.0 Å². The number of hydrogen-bond donors (Lipinski definition) is 2. The molecule has 3 N–H and O–H groups in total. The lowest BCUT2D eigenvalue weighted by molar-refractivity contribution is -0.119. The number of benzene rings is 1. The van der Waals surface area contributed by atoms with E-state index in [-0.39, 0.29) is 11.3 Å². The van der Waals surface area contributed by atoms with Crippen molar-refractivity contribution in [3.8, 4) is 0 Å². The summed E-state index contributed by atoms with van der Waals surface area (Å²) >= 11 is 0. The largest absolute Gasteiger partial charge is 0.378 e. The molecule has 0 bridgehead atoms. The minimum absolute atomic E-state index is 0.150. The Kier molecular flexibility index (Phi) is 4.85. The molecule has 0 saturated carbocycles. The smallest absolute Gasteiger partial charge is 0.241 e.